The van der Waals surface area contributed by atoms with Crippen LogP contribution in [0.15, 0.2) is 35.9 Å². The summed E-state index contributed by atoms with van der Waals surface area (Å²) in [5.74, 6) is 1.19. The topological polar surface area (TPSA) is 48.0 Å². The van der Waals surface area contributed by atoms with Gasteiger partial charge in [-0.2, -0.15) is 0 Å². The van der Waals surface area contributed by atoms with Crippen molar-refractivity contribution in [3.63, 3.8) is 0 Å². The van der Waals surface area contributed by atoms with Gasteiger partial charge in [-0.25, -0.2) is 4.79 Å². The van der Waals surface area contributed by atoms with Gasteiger partial charge in [0.1, 0.15) is 17.0 Å². The van der Waals surface area contributed by atoms with Gasteiger partial charge in [0.25, 0.3) is 0 Å². The van der Waals surface area contributed by atoms with E-state index in [0.29, 0.717) is 13.2 Å². The SMILES string of the molecule is CC(C)=CCC[C@]1(C)Oc2ccccc2[C@H]2OCC3(CCCN(C(=O)OC(C)(C)C)C3)C[C@@H]21. The van der Waals surface area contributed by atoms with Crippen LogP contribution in [-0.4, -0.2) is 41.9 Å². The Bertz CT molecular complexity index is 899. The van der Waals surface area contributed by atoms with Gasteiger partial charge in [-0.05, 0) is 79.7 Å². The Balaban J connectivity index is 1.59. The molecule has 3 heterocycles. The van der Waals surface area contributed by atoms with Crippen molar-refractivity contribution in [3.8, 4) is 5.75 Å². The molecule has 1 aromatic carbocycles. The first-order valence-corrected chi connectivity index (χ1v) is 12.5. The van der Waals surface area contributed by atoms with Gasteiger partial charge >= 0.3 is 6.09 Å². The first-order chi connectivity index (χ1) is 15.5. The minimum Gasteiger partial charge on any atom is -0.487 e. The molecule has 4 atom stereocenters. The van der Waals surface area contributed by atoms with Crippen LogP contribution in [-0.2, 0) is 9.47 Å². The third-order valence-electron chi connectivity index (χ3n) is 7.45. The van der Waals surface area contributed by atoms with Crippen LogP contribution in [0.2, 0.25) is 0 Å². The second-order valence-corrected chi connectivity index (χ2v) is 11.8. The zero-order chi connectivity index (χ0) is 23.9. The smallest absolute Gasteiger partial charge is 0.410 e. The summed E-state index contributed by atoms with van der Waals surface area (Å²) < 4.78 is 19.1. The fraction of sp³-hybridized carbons (Fsp3) is 0.679. The predicted molar refractivity (Wildman–Crippen MR) is 130 cm³/mol. The van der Waals surface area contributed by atoms with E-state index in [4.69, 9.17) is 14.2 Å². The maximum atomic E-state index is 12.9. The Kier molecular flexibility index (Phi) is 6.56. The Hall–Kier alpha value is -2.01. The van der Waals surface area contributed by atoms with Crippen LogP contribution in [0.1, 0.15) is 85.3 Å². The molecule has 3 aliphatic heterocycles. The summed E-state index contributed by atoms with van der Waals surface area (Å²) in [4.78, 5) is 14.7. The third kappa shape index (κ3) is 5.24. The maximum Gasteiger partial charge on any atom is 0.410 e. The molecule has 0 aliphatic carbocycles. The number of fused-ring (bicyclic) bond motifs is 3. The molecule has 3 aliphatic rings. The summed E-state index contributed by atoms with van der Waals surface area (Å²) in [7, 11) is 0. The van der Waals surface area contributed by atoms with E-state index in [-0.39, 0.29) is 29.1 Å². The van der Waals surface area contributed by atoms with E-state index in [1.54, 1.807) is 0 Å². The number of benzene rings is 1. The monoisotopic (exact) mass is 455 g/mol. The zero-order valence-corrected chi connectivity index (χ0v) is 21.3. The summed E-state index contributed by atoms with van der Waals surface area (Å²) in [6, 6.07) is 8.33. The lowest BCUT2D eigenvalue weighted by atomic mass is 9.64. The van der Waals surface area contributed by atoms with E-state index in [0.717, 1.165) is 50.0 Å². The number of amides is 1. The van der Waals surface area contributed by atoms with Crippen LogP contribution >= 0.6 is 0 Å². The largest absolute Gasteiger partial charge is 0.487 e. The van der Waals surface area contributed by atoms with Crippen molar-refractivity contribution in [2.45, 2.75) is 91.0 Å². The molecule has 1 aromatic rings. The summed E-state index contributed by atoms with van der Waals surface area (Å²) in [5, 5.41) is 0. The molecule has 0 N–H and O–H groups in total. The molecule has 182 valence electrons. The van der Waals surface area contributed by atoms with E-state index in [1.807, 2.05) is 31.7 Å². The number of para-hydroxylation sites is 1. The second kappa shape index (κ2) is 8.98. The van der Waals surface area contributed by atoms with E-state index in [1.165, 1.54) is 5.57 Å². The number of nitrogens with zero attached hydrogens (tertiary/aromatic N) is 1. The van der Waals surface area contributed by atoms with Gasteiger partial charge in [0, 0.05) is 30.0 Å². The lowest BCUT2D eigenvalue weighted by Crippen LogP contribution is -2.57. The minimum atomic E-state index is -0.486. The maximum absolute atomic E-state index is 12.9. The first-order valence-electron chi connectivity index (χ1n) is 12.5. The number of ether oxygens (including phenoxy) is 3. The molecule has 2 fully saturated rings. The molecule has 1 unspecified atom stereocenters. The van der Waals surface area contributed by atoms with Gasteiger partial charge in [0.05, 0.1) is 12.7 Å². The third-order valence-corrected chi connectivity index (χ3v) is 7.45. The van der Waals surface area contributed by atoms with Crippen LogP contribution in [0.3, 0.4) is 0 Å². The van der Waals surface area contributed by atoms with Gasteiger partial charge in [-0.3, -0.25) is 0 Å². The van der Waals surface area contributed by atoms with Crippen molar-refractivity contribution in [3.05, 3.63) is 41.5 Å². The van der Waals surface area contributed by atoms with Crippen molar-refractivity contribution in [1.82, 2.24) is 4.90 Å². The van der Waals surface area contributed by atoms with E-state index >= 15 is 0 Å². The van der Waals surface area contributed by atoms with Crippen molar-refractivity contribution < 1.29 is 19.0 Å². The predicted octanol–water partition coefficient (Wildman–Crippen LogP) is 6.68. The fourth-order valence-corrected chi connectivity index (χ4v) is 5.85. The molecule has 5 nitrogen and oxygen atoms in total. The highest BCUT2D eigenvalue weighted by molar-refractivity contribution is 5.68. The number of likely N-dealkylation sites (tertiary alicyclic amines) is 1. The average molecular weight is 456 g/mol. The van der Waals surface area contributed by atoms with Gasteiger partial charge in [0.15, 0.2) is 0 Å². The van der Waals surface area contributed by atoms with Crippen molar-refractivity contribution in [2.24, 2.45) is 11.3 Å². The summed E-state index contributed by atoms with van der Waals surface area (Å²) >= 11 is 0. The standard InChI is InChI=1S/C28H41NO4/c1-20(2)11-9-14-27(6)22-17-28(15-10-16-29(18-28)25(30)33-26(3,4)5)19-31-24(22)21-12-7-8-13-23(21)32-27/h7-8,11-13,22,24H,9-10,14-19H2,1-6H3/t22-,24+,27-,28?/m0/s1. The summed E-state index contributed by atoms with van der Waals surface area (Å²) in [6.45, 7) is 14.4. The zero-order valence-electron chi connectivity index (χ0n) is 21.3. The normalized spacial score (nSPS) is 31.3. The molecule has 33 heavy (non-hydrogen) atoms. The number of allylic oxidation sites excluding steroid dienone is 2. The molecule has 0 radical (unpaired) electrons. The van der Waals surface area contributed by atoms with Crippen molar-refractivity contribution in [2.75, 3.05) is 19.7 Å². The number of carbonyl (C=O) groups excluding carboxylic acids is 1. The van der Waals surface area contributed by atoms with Crippen molar-refractivity contribution >= 4 is 6.09 Å². The van der Waals surface area contributed by atoms with Gasteiger partial charge < -0.3 is 19.1 Å². The first kappa shape index (κ1) is 24.1. The lowest BCUT2D eigenvalue weighted by molar-refractivity contribution is -0.180. The summed E-state index contributed by atoms with van der Waals surface area (Å²) in [5.41, 5.74) is 1.65. The molecule has 0 aromatic heterocycles. The molecule has 1 spiro atoms. The number of hydrogen-bond acceptors (Lipinski definition) is 4. The molecule has 1 amide bonds. The number of hydrogen-bond donors (Lipinski definition) is 0. The lowest BCUT2D eigenvalue weighted by Gasteiger charge is -2.55. The van der Waals surface area contributed by atoms with E-state index in [2.05, 4.69) is 45.0 Å². The Labute approximate surface area is 199 Å². The minimum absolute atomic E-state index is 0.0363. The number of rotatable bonds is 3. The van der Waals surface area contributed by atoms with Crippen LogP contribution in [0.4, 0.5) is 4.79 Å². The Morgan fingerprint density at radius 2 is 2.03 bits per heavy atom. The summed E-state index contributed by atoms with van der Waals surface area (Å²) in [6.07, 6.45) is 7.11. The highest BCUT2D eigenvalue weighted by atomic mass is 16.6. The number of carbonyl (C=O) groups is 1. The van der Waals surface area contributed by atoms with Crippen LogP contribution in [0.5, 0.6) is 5.75 Å². The average Bonchev–Trinajstić information content (AvgIpc) is 2.73. The quantitative estimate of drug-likeness (QED) is 0.477. The molecular formula is C28H41NO4. The van der Waals surface area contributed by atoms with Gasteiger partial charge in [0.2, 0.25) is 0 Å². The molecule has 5 heteroatoms. The second-order valence-electron chi connectivity index (χ2n) is 11.8. The van der Waals surface area contributed by atoms with Gasteiger partial charge in [-0.15, -0.1) is 0 Å². The Morgan fingerprint density at radius 3 is 2.76 bits per heavy atom. The van der Waals surface area contributed by atoms with Crippen LogP contribution in [0.25, 0.3) is 0 Å². The molecule has 0 bridgehead atoms. The molecule has 4 rings (SSSR count). The number of piperidine rings is 1. The highest BCUT2D eigenvalue weighted by Gasteiger charge is 2.54. The molecular weight excluding hydrogens is 414 g/mol. The van der Waals surface area contributed by atoms with E-state index in [9.17, 15) is 4.79 Å². The fourth-order valence-electron chi connectivity index (χ4n) is 5.85. The van der Waals surface area contributed by atoms with Gasteiger partial charge in [-0.1, -0.05) is 29.8 Å². The van der Waals surface area contributed by atoms with E-state index < -0.39 is 5.60 Å². The molecule has 0 saturated carbocycles. The van der Waals surface area contributed by atoms with Crippen molar-refractivity contribution in [1.29, 1.82) is 0 Å². The Morgan fingerprint density at radius 1 is 1.27 bits per heavy atom. The highest BCUT2D eigenvalue weighted by Crippen LogP contribution is 2.56. The van der Waals surface area contributed by atoms with Crippen LogP contribution < -0.4 is 4.74 Å². The molecule has 2 saturated heterocycles. The van der Waals surface area contributed by atoms with Crippen LogP contribution in [0, 0.1) is 11.3 Å².